The Kier molecular flexibility index (Phi) is 4.76. The van der Waals surface area contributed by atoms with Crippen molar-refractivity contribution < 1.29 is 4.79 Å². The van der Waals surface area contributed by atoms with Gasteiger partial charge in [0, 0.05) is 18.9 Å². The molecule has 2 heterocycles. The lowest BCUT2D eigenvalue weighted by Crippen LogP contribution is -2.44. The van der Waals surface area contributed by atoms with Gasteiger partial charge in [-0.3, -0.25) is 14.4 Å². The van der Waals surface area contributed by atoms with E-state index in [0.29, 0.717) is 0 Å². The summed E-state index contributed by atoms with van der Waals surface area (Å²) in [4.78, 5) is 17.2. The minimum Gasteiger partial charge on any atom is -0.336 e. The standard InChI is InChI=1S/C18H24N4O/c1-20(2)17(15-8-4-3-5-9-15)18(23)22-13-6-10-16(22)14-21-12-7-11-19-21/h3-5,7-9,11-12,16-17H,6,10,13-14H2,1-2H3/t16-,17+/m1/s1. The van der Waals surface area contributed by atoms with E-state index in [1.54, 1.807) is 6.20 Å². The lowest BCUT2D eigenvalue weighted by atomic mass is 10.0. The van der Waals surface area contributed by atoms with Crippen LogP contribution < -0.4 is 0 Å². The van der Waals surface area contributed by atoms with Crippen molar-refractivity contribution in [3.63, 3.8) is 0 Å². The molecule has 0 bridgehead atoms. The Morgan fingerprint density at radius 2 is 2.09 bits per heavy atom. The van der Waals surface area contributed by atoms with Crippen molar-refractivity contribution in [1.82, 2.24) is 19.6 Å². The fourth-order valence-electron chi connectivity index (χ4n) is 3.39. The van der Waals surface area contributed by atoms with Gasteiger partial charge in [0.15, 0.2) is 0 Å². The van der Waals surface area contributed by atoms with E-state index < -0.39 is 0 Å². The van der Waals surface area contributed by atoms with Gasteiger partial charge in [-0.1, -0.05) is 30.3 Å². The highest BCUT2D eigenvalue weighted by atomic mass is 16.2. The maximum atomic E-state index is 13.2. The van der Waals surface area contributed by atoms with Crippen molar-refractivity contribution in [2.75, 3.05) is 20.6 Å². The molecule has 1 fully saturated rings. The monoisotopic (exact) mass is 312 g/mol. The van der Waals surface area contributed by atoms with Crippen LogP contribution in [-0.4, -0.2) is 52.2 Å². The summed E-state index contributed by atoms with van der Waals surface area (Å²) < 4.78 is 1.92. The Bertz CT molecular complexity index is 624. The Labute approximate surface area is 137 Å². The van der Waals surface area contributed by atoms with Crippen molar-refractivity contribution >= 4 is 5.91 Å². The number of likely N-dealkylation sites (N-methyl/N-ethyl adjacent to an activating group) is 1. The van der Waals surface area contributed by atoms with E-state index in [1.807, 2.05) is 71.2 Å². The van der Waals surface area contributed by atoms with Crippen LogP contribution in [-0.2, 0) is 11.3 Å². The number of amides is 1. The molecular formula is C18H24N4O. The fourth-order valence-corrected chi connectivity index (χ4v) is 3.39. The van der Waals surface area contributed by atoms with Crippen LogP contribution in [0.25, 0.3) is 0 Å². The minimum atomic E-state index is -0.227. The molecule has 2 aromatic rings. The average Bonchev–Trinajstić information content (AvgIpc) is 3.20. The number of carbonyl (C=O) groups is 1. The summed E-state index contributed by atoms with van der Waals surface area (Å²) in [5.74, 6) is 0.191. The number of rotatable bonds is 5. The van der Waals surface area contributed by atoms with Gasteiger partial charge < -0.3 is 4.90 Å². The molecule has 0 radical (unpaired) electrons. The molecule has 1 aromatic heterocycles. The van der Waals surface area contributed by atoms with Crippen molar-refractivity contribution in [3.8, 4) is 0 Å². The van der Waals surface area contributed by atoms with E-state index in [4.69, 9.17) is 0 Å². The molecule has 0 saturated carbocycles. The third-order valence-corrected chi connectivity index (χ3v) is 4.48. The van der Waals surface area contributed by atoms with Crippen LogP contribution in [0.3, 0.4) is 0 Å². The lowest BCUT2D eigenvalue weighted by molar-refractivity contribution is -0.137. The SMILES string of the molecule is CN(C)[C@H](C(=O)N1CCC[C@@H]1Cn1cccn1)c1ccccc1. The summed E-state index contributed by atoms with van der Waals surface area (Å²) in [7, 11) is 3.93. The highest BCUT2D eigenvalue weighted by molar-refractivity contribution is 5.83. The van der Waals surface area contributed by atoms with Gasteiger partial charge in [0.05, 0.1) is 12.6 Å². The third-order valence-electron chi connectivity index (χ3n) is 4.48. The normalized spacial score (nSPS) is 19.3. The zero-order chi connectivity index (χ0) is 16.2. The molecule has 5 heteroatoms. The number of hydrogen-bond donors (Lipinski definition) is 0. The van der Waals surface area contributed by atoms with Crippen LogP contribution in [0.4, 0.5) is 0 Å². The molecule has 122 valence electrons. The van der Waals surface area contributed by atoms with Crippen LogP contribution >= 0.6 is 0 Å². The first kappa shape index (κ1) is 15.7. The van der Waals surface area contributed by atoms with E-state index >= 15 is 0 Å². The van der Waals surface area contributed by atoms with Gasteiger partial charge in [-0.15, -0.1) is 0 Å². The zero-order valence-electron chi connectivity index (χ0n) is 13.8. The van der Waals surface area contributed by atoms with Crippen LogP contribution in [0, 0.1) is 0 Å². The van der Waals surface area contributed by atoms with Crippen LogP contribution in [0.2, 0.25) is 0 Å². The summed E-state index contributed by atoms with van der Waals surface area (Å²) in [5.41, 5.74) is 1.05. The second-order valence-corrected chi connectivity index (χ2v) is 6.33. The molecule has 1 aromatic carbocycles. The maximum Gasteiger partial charge on any atom is 0.244 e. The van der Waals surface area contributed by atoms with Gasteiger partial charge in [0.25, 0.3) is 0 Å². The quantitative estimate of drug-likeness (QED) is 0.850. The Morgan fingerprint density at radius 1 is 1.30 bits per heavy atom. The average molecular weight is 312 g/mol. The summed E-state index contributed by atoms with van der Waals surface area (Å²) >= 11 is 0. The molecule has 1 amide bonds. The molecule has 1 aliphatic heterocycles. The van der Waals surface area contributed by atoms with Crippen LogP contribution in [0.1, 0.15) is 24.4 Å². The van der Waals surface area contributed by atoms with Gasteiger partial charge in [-0.25, -0.2) is 0 Å². The van der Waals surface area contributed by atoms with E-state index in [1.165, 1.54) is 0 Å². The predicted molar refractivity (Wildman–Crippen MR) is 89.8 cm³/mol. The minimum absolute atomic E-state index is 0.191. The van der Waals surface area contributed by atoms with Crippen molar-refractivity contribution in [1.29, 1.82) is 0 Å². The summed E-state index contributed by atoms with van der Waals surface area (Å²) in [6.07, 6.45) is 5.85. The molecule has 5 nitrogen and oxygen atoms in total. The largest absolute Gasteiger partial charge is 0.336 e. The highest BCUT2D eigenvalue weighted by Gasteiger charge is 2.35. The first-order chi connectivity index (χ1) is 11.2. The van der Waals surface area contributed by atoms with E-state index in [2.05, 4.69) is 5.10 Å². The highest BCUT2D eigenvalue weighted by Crippen LogP contribution is 2.26. The number of aromatic nitrogens is 2. The molecule has 1 saturated heterocycles. The summed E-state index contributed by atoms with van der Waals surface area (Å²) in [6, 6.07) is 11.9. The number of nitrogens with zero attached hydrogens (tertiary/aromatic N) is 4. The molecule has 23 heavy (non-hydrogen) atoms. The number of benzene rings is 1. The molecule has 0 spiro atoms. The first-order valence-corrected chi connectivity index (χ1v) is 8.16. The molecule has 0 aliphatic carbocycles. The molecule has 0 N–H and O–H groups in total. The molecular weight excluding hydrogens is 288 g/mol. The Hall–Kier alpha value is -2.14. The van der Waals surface area contributed by atoms with Gasteiger partial charge in [0.1, 0.15) is 6.04 Å². The van der Waals surface area contributed by atoms with Crippen molar-refractivity contribution in [2.24, 2.45) is 0 Å². The van der Waals surface area contributed by atoms with Gasteiger partial charge >= 0.3 is 0 Å². The molecule has 2 atom stereocenters. The first-order valence-electron chi connectivity index (χ1n) is 8.16. The Morgan fingerprint density at radius 3 is 2.74 bits per heavy atom. The second-order valence-electron chi connectivity index (χ2n) is 6.33. The van der Waals surface area contributed by atoms with Gasteiger partial charge in [-0.05, 0) is 38.6 Å². The summed E-state index contributed by atoms with van der Waals surface area (Å²) in [5, 5.41) is 4.28. The Balaban J connectivity index is 1.79. The lowest BCUT2D eigenvalue weighted by Gasteiger charge is -2.32. The van der Waals surface area contributed by atoms with Crippen molar-refractivity contribution in [3.05, 3.63) is 54.4 Å². The summed E-state index contributed by atoms with van der Waals surface area (Å²) in [6.45, 7) is 1.61. The fraction of sp³-hybridized carbons (Fsp3) is 0.444. The zero-order valence-corrected chi connectivity index (χ0v) is 13.8. The van der Waals surface area contributed by atoms with Crippen molar-refractivity contribution in [2.45, 2.75) is 31.5 Å². The van der Waals surface area contributed by atoms with Crippen LogP contribution in [0.15, 0.2) is 48.8 Å². The smallest absolute Gasteiger partial charge is 0.244 e. The third kappa shape index (κ3) is 3.45. The van der Waals surface area contributed by atoms with E-state index in [-0.39, 0.29) is 18.0 Å². The molecule has 1 aliphatic rings. The number of carbonyl (C=O) groups excluding carboxylic acids is 1. The maximum absolute atomic E-state index is 13.2. The predicted octanol–water partition coefficient (Wildman–Crippen LogP) is 2.18. The molecule has 0 unspecified atom stereocenters. The van der Waals surface area contributed by atoms with Gasteiger partial charge in [-0.2, -0.15) is 5.10 Å². The van der Waals surface area contributed by atoms with Gasteiger partial charge in [0.2, 0.25) is 5.91 Å². The van der Waals surface area contributed by atoms with E-state index in [0.717, 1.165) is 31.5 Å². The van der Waals surface area contributed by atoms with Crippen LogP contribution in [0.5, 0.6) is 0 Å². The second kappa shape index (κ2) is 6.96. The number of likely N-dealkylation sites (tertiary alicyclic amines) is 1. The topological polar surface area (TPSA) is 41.4 Å². The van der Waals surface area contributed by atoms with E-state index in [9.17, 15) is 4.79 Å². The number of hydrogen-bond acceptors (Lipinski definition) is 3. The molecule has 3 rings (SSSR count).